The molecule has 0 aliphatic heterocycles. The third-order valence-corrected chi connectivity index (χ3v) is 1.07. The molecular weight excluding hydrogens is 150 g/mol. The van der Waals surface area contributed by atoms with Crippen LogP contribution < -0.4 is 5.69 Å². The lowest BCUT2D eigenvalue weighted by atomic mass is 10.8. The molecule has 7 nitrogen and oxygen atoms in total. The van der Waals surface area contributed by atoms with E-state index in [2.05, 4.69) is 31.3 Å². The highest BCUT2D eigenvalue weighted by Crippen LogP contribution is 1.94. The van der Waals surface area contributed by atoms with Gasteiger partial charge in [0.15, 0.2) is 5.82 Å². The molecule has 0 unspecified atom stereocenters. The molecule has 0 bridgehead atoms. The Bertz CT molecular complexity index is 385. The SMILES string of the molecule is O=c1[nH]nnn1-c1co[c]n1. The monoisotopic (exact) mass is 152 g/mol. The molecule has 7 heteroatoms. The number of nitrogens with zero attached hydrogens (tertiary/aromatic N) is 4. The lowest BCUT2D eigenvalue weighted by Crippen LogP contribution is -2.16. The minimum absolute atomic E-state index is 0.253. The van der Waals surface area contributed by atoms with Gasteiger partial charge in [-0.25, -0.2) is 9.89 Å². The van der Waals surface area contributed by atoms with Gasteiger partial charge < -0.3 is 4.42 Å². The van der Waals surface area contributed by atoms with Crippen LogP contribution in [0, 0.1) is 6.39 Å². The number of H-pyrrole nitrogens is 1. The number of rotatable bonds is 1. The van der Waals surface area contributed by atoms with Crippen molar-refractivity contribution < 1.29 is 4.42 Å². The van der Waals surface area contributed by atoms with Crippen LogP contribution in [0.4, 0.5) is 0 Å². The molecule has 0 saturated carbocycles. The van der Waals surface area contributed by atoms with E-state index in [0.717, 1.165) is 4.68 Å². The molecular formula is C4H2N5O2. The molecule has 2 aromatic heterocycles. The first-order chi connectivity index (χ1) is 5.38. The Hall–Kier alpha value is -1.92. The molecule has 0 amide bonds. The maximum Gasteiger partial charge on any atom is 0.367 e. The summed E-state index contributed by atoms with van der Waals surface area (Å²) in [6.07, 6.45) is 3.42. The number of hydrogen-bond acceptors (Lipinski definition) is 5. The highest BCUT2D eigenvalue weighted by Gasteiger charge is 2.04. The summed E-state index contributed by atoms with van der Waals surface area (Å²) in [6, 6.07) is 0. The minimum atomic E-state index is -0.465. The molecule has 0 fully saturated rings. The Morgan fingerprint density at radius 3 is 3.18 bits per heavy atom. The lowest BCUT2D eigenvalue weighted by molar-refractivity contribution is 0.546. The van der Waals surface area contributed by atoms with E-state index in [9.17, 15) is 4.79 Å². The van der Waals surface area contributed by atoms with Crippen molar-refractivity contribution in [1.29, 1.82) is 0 Å². The van der Waals surface area contributed by atoms with E-state index in [1.165, 1.54) is 6.26 Å². The maximum atomic E-state index is 10.8. The largest absolute Gasteiger partial charge is 0.439 e. The highest BCUT2D eigenvalue weighted by molar-refractivity contribution is 5.10. The number of aromatic nitrogens is 5. The van der Waals surface area contributed by atoms with E-state index in [4.69, 9.17) is 0 Å². The van der Waals surface area contributed by atoms with Crippen LogP contribution in [0.3, 0.4) is 0 Å². The van der Waals surface area contributed by atoms with Crippen molar-refractivity contribution in [2.45, 2.75) is 0 Å². The van der Waals surface area contributed by atoms with E-state index < -0.39 is 5.69 Å². The van der Waals surface area contributed by atoms with Gasteiger partial charge in [0.05, 0.1) is 0 Å². The molecule has 0 saturated heterocycles. The van der Waals surface area contributed by atoms with Crippen molar-refractivity contribution in [2.24, 2.45) is 0 Å². The maximum absolute atomic E-state index is 10.8. The standard InChI is InChI=1S/C4H2N5O2/c10-4-6-7-8-9(4)3-1-11-2-5-3/h1H,(H,6,8,10). The number of aromatic amines is 1. The zero-order valence-corrected chi connectivity index (χ0v) is 5.18. The zero-order chi connectivity index (χ0) is 7.68. The summed E-state index contributed by atoms with van der Waals surface area (Å²) >= 11 is 0. The predicted molar refractivity (Wildman–Crippen MR) is 30.9 cm³/mol. The fourth-order valence-corrected chi connectivity index (χ4v) is 0.624. The molecule has 0 spiro atoms. The smallest absolute Gasteiger partial charge is 0.367 e. The molecule has 0 atom stereocenters. The number of nitrogens with one attached hydrogen (secondary N) is 1. The minimum Gasteiger partial charge on any atom is -0.439 e. The first-order valence-electron chi connectivity index (χ1n) is 2.70. The van der Waals surface area contributed by atoms with Crippen LogP contribution in [0.1, 0.15) is 0 Å². The molecule has 11 heavy (non-hydrogen) atoms. The average Bonchev–Trinajstić information content (AvgIpc) is 2.55. The molecule has 2 heterocycles. The third-order valence-electron chi connectivity index (χ3n) is 1.07. The van der Waals surface area contributed by atoms with Gasteiger partial charge in [-0.15, -0.1) is 4.68 Å². The summed E-state index contributed by atoms with van der Waals surface area (Å²) in [7, 11) is 0. The van der Waals surface area contributed by atoms with Crippen LogP contribution >= 0.6 is 0 Å². The molecule has 2 rings (SSSR count). The molecule has 55 valence electrons. The topological polar surface area (TPSA) is 89.6 Å². The second-order valence-corrected chi connectivity index (χ2v) is 1.72. The van der Waals surface area contributed by atoms with Crippen molar-refractivity contribution in [2.75, 3.05) is 0 Å². The molecule has 2 aromatic rings. The zero-order valence-electron chi connectivity index (χ0n) is 5.18. The Morgan fingerprint density at radius 2 is 2.64 bits per heavy atom. The average molecular weight is 152 g/mol. The summed E-state index contributed by atoms with van der Waals surface area (Å²) < 4.78 is 5.47. The van der Waals surface area contributed by atoms with Gasteiger partial charge in [0, 0.05) is 0 Å². The predicted octanol–water partition coefficient (Wildman–Crippen LogP) is -1.26. The summed E-state index contributed by atoms with van der Waals surface area (Å²) in [5.74, 6) is 0.253. The van der Waals surface area contributed by atoms with Gasteiger partial charge in [0.2, 0.25) is 0 Å². The van der Waals surface area contributed by atoms with E-state index in [-0.39, 0.29) is 5.82 Å². The molecule has 1 radical (unpaired) electrons. The van der Waals surface area contributed by atoms with E-state index in [0.29, 0.717) is 0 Å². The number of oxazole rings is 1. The number of tetrazole rings is 1. The van der Waals surface area contributed by atoms with Crippen molar-refractivity contribution in [3.63, 3.8) is 0 Å². The Kier molecular flexibility index (Phi) is 1.08. The van der Waals surface area contributed by atoms with Gasteiger partial charge in [-0.3, -0.25) is 0 Å². The summed E-state index contributed by atoms with van der Waals surface area (Å²) in [5, 5.41) is 8.78. The number of hydrogen-bond donors (Lipinski definition) is 1. The van der Waals surface area contributed by atoms with Gasteiger partial charge in [0.25, 0.3) is 6.39 Å². The van der Waals surface area contributed by atoms with Crippen LogP contribution in [0.2, 0.25) is 0 Å². The first-order valence-corrected chi connectivity index (χ1v) is 2.70. The second kappa shape index (κ2) is 2.04. The normalized spacial score (nSPS) is 10.2. The second-order valence-electron chi connectivity index (χ2n) is 1.72. The van der Waals surface area contributed by atoms with E-state index in [1.54, 1.807) is 0 Å². The highest BCUT2D eigenvalue weighted by atomic mass is 16.3. The van der Waals surface area contributed by atoms with Gasteiger partial charge in [-0.1, -0.05) is 0 Å². The first kappa shape index (κ1) is 5.83. The van der Waals surface area contributed by atoms with Gasteiger partial charge in [-0.05, 0) is 10.4 Å². The Balaban J connectivity index is 2.62. The Morgan fingerprint density at radius 1 is 1.73 bits per heavy atom. The van der Waals surface area contributed by atoms with E-state index >= 15 is 0 Å². The summed E-state index contributed by atoms with van der Waals surface area (Å²) in [5.41, 5.74) is -0.465. The fraction of sp³-hybridized carbons (Fsp3) is 0. The summed E-state index contributed by atoms with van der Waals surface area (Å²) in [4.78, 5) is 14.4. The van der Waals surface area contributed by atoms with Crippen LogP contribution in [-0.4, -0.2) is 25.2 Å². The van der Waals surface area contributed by atoms with E-state index in [1.807, 2.05) is 0 Å². The van der Waals surface area contributed by atoms with Crippen molar-refractivity contribution in [3.8, 4) is 5.82 Å². The fourth-order valence-electron chi connectivity index (χ4n) is 0.624. The van der Waals surface area contributed by atoms with Crippen LogP contribution in [0.15, 0.2) is 15.5 Å². The van der Waals surface area contributed by atoms with Gasteiger partial charge >= 0.3 is 5.69 Å². The molecule has 0 aromatic carbocycles. The molecule has 0 aliphatic rings. The Labute approximate surface area is 59.6 Å². The van der Waals surface area contributed by atoms with Gasteiger partial charge in [0.1, 0.15) is 6.26 Å². The quantitative estimate of drug-likeness (QED) is 0.551. The van der Waals surface area contributed by atoms with Crippen LogP contribution in [-0.2, 0) is 0 Å². The van der Waals surface area contributed by atoms with Crippen molar-refractivity contribution in [3.05, 3.63) is 23.1 Å². The van der Waals surface area contributed by atoms with Crippen LogP contribution in [0.5, 0.6) is 0 Å². The lowest BCUT2D eigenvalue weighted by Gasteiger charge is -1.84. The molecule has 1 N–H and O–H groups in total. The van der Waals surface area contributed by atoms with Gasteiger partial charge in [-0.2, -0.15) is 4.98 Å². The van der Waals surface area contributed by atoms with Crippen molar-refractivity contribution >= 4 is 0 Å². The molecule has 0 aliphatic carbocycles. The third kappa shape index (κ3) is 0.820. The summed E-state index contributed by atoms with van der Waals surface area (Å²) in [6.45, 7) is 0. The van der Waals surface area contributed by atoms with Crippen molar-refractivity contribution in [1.82, 2.24) is 25.2 Å². The van der Waals surface area contributed by atoms with Crippen LogP contribution in [0.25, 0.3) is 5.82 Å².